The Bertz CT molecular complexity index is 706. The van der Waals surface area contributed by atoms with Crippen molar-refractivity contribution < 1.29 is 14.3 Å². The molecule has 3 aliphatic rings. The first kappa shape index (κ1) is 21.6. The zero-order chi connectivity index (χ0) is 20.8. The molecular weight excluding hydrogens is 376 g/mol. The Morgan fingerprint density at radius 2 is 2.13 bits per heavy atom. The standard InChI is InChI=1S/C25H38N2O3/c1-29-16-5-15-27(19-22-6-4-14-26-13-3-2-7-23(22)26)25(28)11-9-20-8-10-24-21(18-20)12-17-30-24/h8,10,18,22-23H,2-7,9,11-17,19H2,1H3/t22-,23+/m0/s1. The Morgan fingerprint density at radius 1 is 1.23 bits per heavy atom. The summed E-state index contributed by atoms with van der Waals surface area (Å²) >= 11 is 0. The molecule has 5 heteroatoms. The summed E-state index contributed by atoms with van der Waals surface area (Å²) in [6.07, 6.45) is 9.84. The molecule has 0 N–H and O–H groups in total. The van der Waals surface area contributed by atoms with Gasteiger partial charge in [-0.25, -0.2) is 0 Å². The maximum Gasteiger partial charge on any atom is 0.222 e. The molecule has 2 saturated heterocycles. The minimum Gasteiger partial charge on any atom is -0.493 e. The smallest absolute Gasteiger partial charge is 0.222 e. The molecule has 166 valence electrons. The first-order valence-corrected chi connectivity index (χ1v) is 12.0. The summed E-state index contributed by atoms with van der Waals surface area (Å²) < 4.78 is 10.9. The Morgan fingerprint density at radius 3 is 3.03 bits per heavy atom. The highest BCUT2D eigenvalue weighted by Crippen LogP contribution is 2.32. The van der Waals surface area contributed by atoms with Gasteiger partial charge in [0.15, 0.2) is 0 Å². The fourth-order valence-corrected chi connectivity index (χ4v) is 5.60. The number of carbonyl (C=O) groups excluding carboxylic acids is 1. The lowest BCUT2D eigenvalue weighted by molar-refractivity contribution is -0.132. The van der Waals surface area contributed by atoms with Crippen LogP contribution in [-0.2, 0) is 22.4 Å². The third-order valence-electron chi connectivity index (χ3n) is 7.19. The van der Waals surface area contributed by atoms with Crippen LogP contribution in [0.25, 0.3) is 0 Å². The van der Waals surface area contributed by atoms with Crippen LogP contribution in [0.15, 0.2) is 18.2 Å². The predicted octanol–water partition coefficient (Wildman–Crippen LogP) is 3.68. The SMILES string of the molecule is COCCCN(C[C@@H]1CCCN2CCCC[C@H]12)C(=O)CCc1ccc2c(c1)CCO2. The van der Waals surface area contributed by atoms with Gasteiger partial charge in [-0.3, -0.25) is 4.79 Å². The fraction of sp³-hybridized carbons (Fsp3) is 0.720. The highest BCUT2D eigenvalue weighted by Gasteiger charge is 2.34. The van der Waals surface area contributed by atoms with Crippen molar-refractivity contribution in [3.63, 3.8) is 0 Å². The first-order chi connectivity index (χ1) is 14.7. The molecule has 3 heterocycles. The Labute approximate surface area is 181 Å². The lowest BCUT2D eigenvalue weighted by Crippen LogP contribution is -2.51. The molecule has 1 aromatic carbocycles. The fourth-order valence-electron chi connectivity index (χ4n) is 5.60. The highest BCUT2D eigenvalue weighted by atomic mass is 16.5. The average Bonchev–Trinajstić information content (AvgIpc) is 3.25. The maximum atomic E-state index is 13.2. The van der Waals surface area contributed by atoms with E-state index in [0.29, 0.717) is 24.3 Å². The van der Waals surface area contributed by atoms with Crippen molar-refractivity contribution in [2.45, 2.75) is 63.8 Å². The Kier molecular flexibility index (Phi) is 7.67. The van der Waals surface area contributed by atoms with Gasteiger partial charge in [-0.2, -0.15) is 0 Å². The largest absolute Gasteiger partial charge is 0.493 e. The zero-order valence-corrected chi connectivity index (χ0v) is 18.6. The predicted molar refractivity (Wildman–Crippen MR) is 119 cm³/mol. The molecule has 5 nitrogen and oxygen atoms in total. The highest BCUT2D eigenvalue weighted by molar-refractivity contribution is 5.76. The van der Waals surface area contributed by atoms with Gasteiger partial charge >= 0.3 is 0 Å². The van der Waals surface area contributed by atoms with Crippen molar-refractivity contribution in [2.24, 2.45) is 5.92 Å². The molecule has 0 radical (unpaired) electrons. The Hall–Kier alpha value is -1.59. The molecule has 0 bridgehead atoms. The average molecular weight is 415 g/mol. The summed E-state index contributed by atoms with van der Waals surface area (Å²) in [4.78, 5) is 18.1. The summed E-state index contributed by atoms with van der Waals surface area (Å²) in [6, 6.07) is 7.10. The van der Waals surface area contributed by atoms with Crippen LogP contribution in [0.4, 0.5) is 0 Å². The van der Waals surface area contributed by atoms with Gasteiger partial charge in [0.05, 0.1) is 6.61 Å². The molecule has 30 heavy (non-hydrogen) atoms. The van der Waals surface area contributed by atoms with Crippen molar-refractivity contribution in [3.8, 4) is 5.75 Å². The monoisotopic (exact) mass is 414 g/mol. The van der Waals surface area contributed by atoms with E-state index in [1.165, 1.54) is 56.3 Å². The van der Waals surface area contributed by atoms with Crippen LogP contribution in [-0.4, -0.2) is 68.3 Å². The van der Waals surface area contributed by atoms with Gasteiger partial charge in [0.1, 0.15) is 5.75 Å². The van der Waals surface area contributed by atoms with Crippen molar-refractivity contribution in [1.82, 2.24) is 9.80 Å². The number of hydrogen-bond acceptors (Lipinski definition) is 4. The summed E-state index contributed by atoms with van der Waals surface area (Å²) in [5, 5.41) is 0. The second kappa shape index (κ2) is 10.6. The molecule has 2 atom stereocenters. The van der Waals surface area contributed by atoms with Crippen LogP contribution in [0.2, 0.25) is 0 Å². The van der Waals surface area contributed by atoms with Gasteiger partial charge in [0.2, 0.25) is 5.91 Å². The molecule has 0 unspecified atom stereocenters. The van der Waals surface area contributed by atoms with E-state index in [1.54, 1.807) is 7.11 Å². The number of benzene rings is 1. The lowest BCUT2D eigenvalue weighted by atomic mass is 9.83. The maximum absolute atomic E-state index is 13.2. The third kappa shape index (κ3) is 5.36. The molecule has 0 aromatic heterocycles. The van der Waals surface area contributed by atoms with Crippen LogP contribution in [0, 0.1) is 5.92 Å². The van der Waals surface area contributed by atoms with E-state index < -0.39 is 0 Å². The van der Waals surface area contributed by atoms with E-state index >= 15 is 0 Å². The molecule has 0 spiro atoms. The zero-order valence-electron chi connectivity index (χ0n) is 18.6. The molecule has 4 rings (SSSR count). The number of ether oxygens (including phenoxy) is 2. The quantitative estimate of drug-likeness (QED) is 0.578. The molecule has 2 fully saturated rings. The van der Waals surface area contributed by atoms with Crippen molar-refractivity contribution >= 4 is 5.91 Å². The number of amides is 1. The summed E-state index contributed by atoms with van der Waals surface area (Å²) in [7, 11) is 1.74. The molecular formula is C25H38N2O3. The number of rotatable bonds is 9. The van der Waals surface area contributed by atoms with Gasteiger partial charge in [-0.15, -0.1) is 0 Å². The number of hydrogen-bond donors (Lipinski definition) is 0. The minimum atomic E-state index is 0.302. The van der Waals surface area contributed by atoms with E-state index in [4.69, 9.17) is 9.47 Å². The summed E-state index contributed by atoms with van der Waals surface area (Å²) in [6.45, 7) is 5.73. The van der Waals surface area contributed by atoms with Crippen LogP contribution < -0.4 is 4.74 Å². The number of carbonyl (C=O) groups is 1. The van der Waals surface area contributed by atoms with Crippen molar-refractivity contribution in [1.29, 1.82) is 0 Å². The molecule has 3 aliphatic heterocycles. The summed E-state index contributed by atoms with van der Waals surface area (Å²) in [5.41, 5.74) is 2.54. The van der Waals surface area contributed by atoms with E-state index in [-0.39, 0.29) is 0 Å². The van der Waals surface area contributed by atoms with Crippen LogP contribution in [0.3, 0.4) is 0 Å². The van der Waals surface area contributed by atoms with E-state index in [1.807, 2.05) is 0 Å². The van der Waals surface area contributed by atoms with E-state index in [2.05, 4.69) is 28.0 Å². The van der Waals surface area contributed by atoms with E-state index in [9.17, 15) is 4.79 Å². The molecule has 0 saturated carbocycles. The number of piperidine rings is 2. The normalized spacial score (nSPS) is 23.5. The Balaban J connectivity index is 1.36. The molecule has 1 aromatic rings. The summed E-state index contributed by atoms with van der Waals surface area (Å²) in [5.74, 6) is 1.94. The number of methoxy groups -OCH3 is 1. The second-order valence-electron chi connectivity index (χ2n) is 9.23. The van der Waals surface area contributed by atoms with Crippen molar-refractivity contribution in [2.75, 3.05) is 46.5 Å². The number of nitrogens with zero attached hydrogens (tertiary/aromatic N) is 2. The first-order valence-electron chi connectivity index (χ1n) is 12.0. The van der Waals surface area contributed by atoms with Crippen LogP contribution in [0.1, 0.15) is 56.1 Å². The molecule has 1 amide bonds. The third-order valence-corrected chi connectivity index (χ3v) is 7.19. The van der Waals surface area contributed by atoms with Gasteiger partial charge in [0, 0.05) is 45.7 Å². The number of fused-ring (bicyclic) bond motifs is 2. The van der Waals surface area contributed by atoms with E-state index in [0.717, 1.165) is 51.3 Å². The van der Waals surface area contributed by atoms with Gasteiger partial charge < -0.3 is 19.3 Å². The lowest BCUT2D eigenvalue weighted by Gasteiger charge is -2.45. The minimum absolute atomic E-state index is 0.302. The topological polar surface area (TPSA) is 42.0 Å². The van der Waals surface area contributed by atoms with Gasteiger partial charge in [-0.1, -0.05) is 18.6 Å². The number of aryl methyl sites for hydroxylation is 1. The van der Waals surface area contributed by atoms with Crippen LogP contribution >= 0.6 is 0 Å². The van der Waals surface area contributed by atoms with Crippen molar-refractivity contribution in [3.05, 3.63) is 29.3 Å². The molecule has 0 aliphatic carbocycles. The van der Waals surface area contributed by atoms with Gasteiger partial charge in [0.25, 0.3) is 0 Å². The van der Waals surface area contributed by atoms with Crippen LogP contribution in [0.5, 0.6) is 5.75 Å². The van der Waals surface area contributed by atoms with Gasteiger partial charge in [-0.05, 0) is 74.7 Å². The second-order valence-corrected chi connectivity index (χ2v) is 9.23.